The first-order valence-corrected chi connectivity index (χ1v) is 7.95. The Kier molecular flexibility index (Phi) is 4.11. The van der Waals surface area contributed by atoms with Crippen LogP contribution in [-0.4, -0.2) is 25.1 Å². The summed E-state index contributed by atoms with van der Waals surface area (Å²) in [4.78, 5) is 7.37. The molecule has 1 aliphatic heterocycles. The third kappa shape index (κ3) is 3.03. The molecule has 21 heavy (non-hydrogen) atoms. The number of piperidine rings is 1. The number of para-hydroxylation sites is 1. The molecule has 2 unspecified atom stereocenters. The second-order valence-electron chi connectivity index (χ2n) is 6.54. The second kappa shape index (κ2) is 6.02. The molecule has 0 amide bonds. The van der Waals surface area contributed by atoms with Crippen molar-refractivity contribution in [3.05, 3.63) is 35.9 Å². The van der Waals surface area contributed by atoms with Crippen LogP contribution in [-0.2, 0) is 6.54 Å². The molecule has 2 aromatic rings. The van der Waals surface area contributed by atoms with Gasteiger partial charge in [0, 0.05) is 25.0 Å². The Bertz CT molecular complexity index is 613. The Labute approximate surface area is 127 Å². The van der Waals surface area contributed by atoms with E-state index in [1.165, 1.54) is 17.4 Å². The second-order valence-corrected chi connectivity index (χ2v) is 6.54. The Morgan fingerprint density at radius 1 is 1.19 bits per heavy atom. The summed E-state index contributed by atoms with van der Waals surface area (Å²) in [6, 6.07) is 10.7. The molecule has 2 heterocycles. The molecule has 0 aliphatic carbocycles. The van der Waals surface area contributed by atoms with E-state index in [-0.39, 0.29) is 0 Å². The predicted molar refractivity (Wildman–Crippen MR) is 89.7 cm³/mol. The number of hydrogen-bond acceptors (Lipinski definition) is 3. The predicted octanol–water partition coefficient (Wildman–Crippen LogP) is 3.44. The third-order valence-electron chi connectivity index (χ3n) is 4.35. The molecule has 3 rings (SSSR count). The minimum atomic E-state index is 0.745. The lowest BCUT2D eigenvalue weighted by Crippen LogP contribution is -2.39. The molecule has 0 spiro atoms. The lowest BCUT2D eigenvalue weighted by molar-refractivity contribution is 0.355. The fraction of sp³-hybridized carbons (Fsp3) is 0.500. The van der Waals surface area contributed by atoms with Crippen molar-refractivity contribution in [3.8, 4) is 0 Å². The van der Waals surface area contributed by atoms with E-state index < -0.39 is 0 Å². The van der Waals surface area contributed by atoms with Crippen LogP contribution in [0.3, 0.4) is 0 Å². The molecular weight excluding hydrogens is 258 g/mol. The zero-order valence-corrected chi connectivity index (χ0v) is 13.3. The number of pyridine rings is 1. The van der Waals surface area contributed by atoms with E-state index >= 15 is 0 Å². The molecule has 1 fully saturated rings. The maximum Gasteiger partial charge on any atom is 0.129 e. The number of fused-ring (bicyclic) bond motifs is 1. The first kappa shape index (κ1) is 14.3. The van der Waals surface area contributed by atoms with Crippen LogP contribution in [0.2, 0.25) is 0 Å². The summed E-state index contributed by atoms with van der Waals surface area (Å²) in [7, 11) is 2.00. The van der Waals surface area contributed by atoms with Crippen molar-refractivity contribution in [1.82, 2.24) is 10.3 Å². The smallest absolute Gasteiger partial charge is 0.129 e. The number of rotatable bonds is 3. The van der Waals surface area contributed by atoms with Gasteiger partial charge in [0.25, 0.3) is 0 Å². The maximum absolute atomic E-state index is 4.91. The lowest BCUT2D eigenvalue weighted by Gasteiger charge is -2.36. The van der Waals surface area contributed by atoms with Crippen LogP contribution in [0.15, 0.2) is 30.3 Å². The molecule has 0 bridgehead atoms. The molecular formula is C18H25N3. The molecule has 112 valence electrons. The van der Waals surface area contributed by atoms with Gasteiger partial charge >= 0.3 is 0 Å². The molecule has 1 aromatic carbocycles. The summed E-state index contributed by atoms with van der Waals surface area (Å²) < 4.78 is 0. The van der Waals surface area contributed by atoms with Gasteiger partial charge in [-0.15, -0.1) is 0 Å². The van der Waals surface area contributed by atoms with Gasteiger partial charge < -0.3 is 10.2 Å². The molecule has 1 saturated heterocycles. The van der Waals surface area contributed by atoms with Gasteiger partial charge in [0.2, 0.25) is 0 Å². The number of aromatic nitrogens is 1. The van der Waals surface area contributed by atoms with E-state index in [4.69, 9.17) is 4.98 Å². The summed E-state index contributed by atoms with van der Waals surface area (Å²) in [5.74, 6) is 2.63. The van der Waals surface area contributed by atoms with Crippen molar-refractivity contribution in [1.29, 1.82) is 0 Å². The largest absolute Gasteiger partial charge is 0.356 e. The molecule has 3 nitrogen and oxygen atoms in total. The summed E-state index contributed by atoms with van der Waals surface area (Å²) in [6.45, 7) is 7.81. The van der Waals surface area contributed by atoms with Crippen LogP contribution < -0.4 is 10.2 Å². The topological polar surface area (TPSA) is 28.2 Å². The summed E-state index contributed by atoms with van der Waals surface area (Å²) in [5, 5.41) is 4.54. The number of nitrogens with zero attached hydrogens (tertiary/aromatic N) is 2. The third-order valence-corrected chi connectivity index (χ3v) is 4.35. The Morgan fingerprint density at radius 3 is 2.62 bits per heavy atom. The van der Waals surface area contributed by atoms with Gasteiger partial charge in [-0.3, -0.25) is 0 Å². The molecule has 0 radical (unpaired) electrons. The highest BCUT2D eigenvalue weighted by Crippen LogP contribution is 2.28. The van der Waals surface area contributed by atoms with E-state index in [1.807, 2.05) is 7.05 Å². The number of nitrogens with one attached hydrogen (secondary N) is 1. The van der Waals surface area contributed by atoms with Gasteiger partial charge in [-0.2, -0.15) is 0 Å². The highest BCUT2D eigenvalue weighted by Gasteiger charge is 2.23. The fourth-order valence-electron chi connectivity index (χ4n) is 3.58. The van der Waals surface area contributed by atoms with Crippen molar-refractivity contribution in [2.45, 2.75) is 26.8 Å². The summed E-state index contributed by atoms with van der Waals surface area (Å²) in [6.07, 6.45) is 1.33. The maximum atomic E-state index is 4.91. The monoisotopic (exact) mass is 283 g/mol. The van der Waals surface area contributed by atoms with Crippen LogP contribution in [0, 0.1) is 11.8 Å². The first-order chi connectivity index (χ1) is 10.2. The zero-order valence-electron chi connectivity index (χ0n) is 13.3. The molecule has 1 N–H and O–H groups in total. The minimum absolute atomic E-state index is 0.745. The van der Waals surface area contributed by atoms with Crippen molar-refractivity contribution in [3.63, 3.8) is 0 Å². The average Bonchev–Trinajstić information content (AvgIpc) is 2.46. The van der Waals surface area contributed by atoms with Crippen LogP contribution in [0.25, 0.3) is 10.9 Å². The minimum Gasteiger partial charge on any atom is -0.356 e. The normalized spacial score (nSPS) is 22.7. The van der Waals surface area contributed by atoms with Crippen molar-refractivity contribution in [2.75, 3.05) is 25.0 Å². The van der Waals surface area contributed by atoms with Gasteiger partial charge in [0.15, 0.2) is 0 Å². The average molecular weight is 283 g/mol. The van der Waals surface area contributed by atoms with E-state index in [1.54, 1.807) is 0 Å². The highest BCUT2D eigenvalue weighted by molar-refractivity contribution is 5.84. The standard InChI is InChI=1S/C18H25N3/c1-13-8-14(2)12-21(11-13)18-9-15(10-19-3)16-6-4-5-7-17(16)20-18/h4-7,9,13-14,19H,8,10-12H2,1-3H3. The van der Waals surface area contributed by atoms with E-state index in [0.29, 0.717) is 0 Å². The molecule has 1 aromatic heterocycles. The Morgan fingerprint density at radius 2 is 1.90 bits per heavy atom. The van der Waals surface area contributed by atoms with Crippen LogP contribution in [0.4, 0.5) is 5.82 Å². The Hall–Kier alpha value is -1.61. The quantitative estimate of drug-likeness (QED) is 0.935. The number of benzene rings is 1. The summed E-state index contributed by atoms with van der Waals surface area (Å²) in [5.41, 5.74) is 2.44. The van der Waals surface area contributed by atoms with Crippen molar-refractivity contribution >= 4 is 16.7 Å². The van der Waals surface area contributed by atoms with Gasteiger partial charge in [-0.05, 0) is 43.0 Å². The first-order valence-electron chi connectivity index (χ1n) is 7.95. The number of anilines is 1. The van der Waals surface area contributed by atoms with Crippen LogP contribution in [0.1, 0.15) is 25.8 Å². The zero-order chi connectivity index (χ0) is 14.8. The molecule has 1 aliphatic rings. The van der Waals surface area contributed by atoms with E-state index in [2.05, 4.69) is 54.4 Å². The van der Waals surface area contributed by atoms with Gasteiger partial charge in [0.1, 0.15) is 5.82 Å². The molecule has 3 heteroatoms. The van der Waals surface area contributed by atoms with Gasteiger partial charge in [-0.1, -0.05) is 32.0 Å². The van der Waals surface area contributed by atoms with Crippen molar-refractivity contribution < 1.29 is 0 Å². The van der Waals surface area contributed by atoms with Gasteiger partial charge in [-0.25, -0.2) is 4.98 Å². The van der Waals surface area contributed by atoms with E-state index in [0.717, 1.165) is 42.8 Å². The number of hydrogen-bond donors (Lipinski definition) is 1. The fourth-order valence-corrected chi connectivity index (χ4v) is 3.58. The Balaban J connectivity index is 2.02. The molecule has 0 saturated carbocycles. The SMILES string of the molecule is CNCc1cc(N2CC(C)CC(C)C2)nc2ccccc12. The molecule has 2 atom stereocenters. The van der Waals surface area contributed by atoms with Crippen LogP contribution >= 0.6 is 0 Å². The van der Waals surface area contributed by atoms with E-state index in [9.17, 15) is 0 Å². The van der Waals surface area contributed by atoms with Gasteiger partial charge in [0.05, 0.1) is 5.52 Å². The summed E-state index contributed by atoms with van der Waals surface area (Å²) >= 11 is 0. The van der Waals surface area contributed by atoms with Crippen molar-refractivity contribution in [2.24, 2.45) is 11.8 Å². The van der Waals surface area contributed by atoms with Crippen LogP contribution in [0.5, 0.6) is 0 Å². The highest BCUT2D eigenvalue weighted by atomic mass is 15.2. The lowest BCUT2D eigenvalue weighted by atomic mass is 9.92.